The smallest absolute Gasteiger partial charge is 0.152 e. The molecule has 0 bridgehead atoms. The molecule has 2 aromatic rings. The van der Waals surface area contributed by atoms with Gasteiger partial charge in [0.1, 0.15) is 5.65 Å². The van der Waals surface area contributed by atoms with Crippen molar-refractivity contribution in [2.45, 2.75) is 6.42 Å². The monoisotopic (exact) mass is 214 g/mol. The highest BCUT2D eigenvalue weighted by Gasteiger charge is 2.03. The topological polar surface area (TPSA) is 66.0 Å². The molecule has 4 nitrogen and oxygen atoms in total. The number of carbonyl (C=O) groups excluding carboxylic acids is 1. The third kappa shape index (κ3) is 1.95. The second-order valence-corrected chi connectivity index (χ2v) is 3.26. The molecule has 0 spiro atoms. The summed E-state index contributed by atoms with van der Waals surface area (Å²) in [6, 6.07) is 1.81. The van der Waals surface area contributed by atoms with E-state index in [2.05, 4.69) is 21.8 Å². The van der Waals surface area contributed by atoms with Crippen molar-refractivity contribution in [2.24, 2.45) is 0 Å². The second kappa shape index (κ2) is 4.60. The van der Waals surface area contributed by atoms with Crippen molar-refractivity contribution in [3.63, 3.8) is 0 Å². The maximum Gasteiger partial charge on any atom is 0.152 e. The van der Waals surface area contributed by atoms with E-state index in [1.807, 2.05) is 6.07 Å². The fourth-order valence-electron chi connectivity index (χ4n) is 1.41. The molecule has 0 aliphatic carbocycles. The van der Waals surface area contributed by atoms with Crippen LogP contribution in [0.5, 0.6) is 0 Å². The van der Waals surface area contributed by atoms with Crippen molar-refractivity contribution in [2.75, 3.05) is 6.61 Å². The average molecular weight is 214 g/mol. The molecule has 2 rings (SSSR count). The van der Waals surface area contributed by atoms with E-state index in [0.717, 1.165) is 17.2 Å². The normalized spacial score (nSPS) is 9.81. The fraction of sp³-hybridized carbons (Fsp3) is 0.167. The van der Waals surface area contributed by atoms with Crippen molar-refractivity contribution in [3.8, 4) is 11.8 Å². The molecule has 0 saturated carbocycles. The highest BCUT2D eigenvalue weighted by molar-refractivity contribution is 5.96. The van der Waals surface area contributed by atoms with E-state index < -0.39 is 0 Å². The number of aldehydes is 1. The number of nitrogens with zero attached hydrogens (tertiary/aromatic N) is 1. The van der Waals surface area contributed by atoms with Gasteiger partial charge in [-0.15, -0.1) is 0 Å². The van der Waals surface area contributed by atoms with Gasteiger partial charge >= 0.3 is 0 Å². The zero-order valence-electron chi connectivity index (χ0n) is 8.53. The number of rotatable bonds is 2. The first-order chi connectivity index (χ1) is 7.85. The van der Waals surface area contributed by atoms with Crippen molar-refractivity contribution in [1.29, 1.82) is 0 Å². The quantitative estimate of drug-likeness (QED) is 0.581. The molecule has 0 atom stereocenters. The molecule has 0 amide bonds. The van der Waals surface area contributed by atoms with Gasteiger partial charge in [-0.2, -0.15) is 0 Å². The predicted octanol–water partition coefficient (Wildman–Crippen LogP) is 1.11. The third-order valence-electron chi connectivity index (χ3n) is 2.16. The standard InChI is InChI=1S/C12H10N2O2/c15-4-2-1-3-9-5-11-10(8-16)7-14-12(11)13-6-9/h5-8,15H,2,4H2,(H,13,14). The number of carbonyl (C=O) groups is 1. The van der Waals surface area contributed by atoms with Gasteiger partial charge in [0.25, 0.3) is 0 Å². The molecule has 0 radical (unpaired) electrons. The van der Waals surface area contributed by atoms with Crippen LogP contribution in [-0.2, 0) is 0 Å². The number of aliphatic hydroxyl groups excluding tert-OH is 1. The van der Waals surface area contributed by atoms with Crippen LogP contribution in [0.15, 0.2) is 18.5 Å². The summed E-state index contributed by atoms with van der Waals surface area (Å²) in [5.74, 6) is 5.68. The Hall–Kier alpha value is -2.12. The summed E-state index contributed by atoms with van der Waals surface area (Å²) in [5.41, 5.74) is 1.99. The Morgan fingerprint density at radius 1 is 1.56 bits per heavy atom. The van der Waals surface area contributed by atoms with Crippen LogP contribution >= 0.6 is 0 Å². The minimum atomic E-state index is 0.0480. The van der Waals surface area contributed by atoms with Crippen LogP contribution in [-0.4, -0.2) is 28.0 Å². The lowest BCUT2D eigenvalue weighted by Gasteiger charge is -1.92. The summed E-state index contributed by atoms with van der Waals surface area (Å²) in [4.78, 5) is 17.8. The summed E-state index contributed by atoms with van der Waals surface area (Å²) in [6.07, 6.45) is 4.48. The highest BCUT2D eigenvalue weighted by Crippen LogP contribution is 2.15. The lowest BCUT2D eigenvalue weighted by Crippen LogP contribution is -1.83. The molecular formula is C12H10N2O2. The van der Waals surface area contributed by atoms with Gasteiger partial charge in [0.15, 0.2) is 6.29 Å². The predicted molar refractivity (Wildman–Crippen MR) is 60.1 cm³/mol. The summed E-state index contributed by atoms with van der Waals surface area (Å²) < 4.78 is 0. The van der Waals surface area contributed by atoms with E-state index in [1.165, 1.54) is 0 Å². The largest absolute Gasteiger partial charge is 0.395 e. The molecule has 0 aliphatic heterocycles. The zero-order chi connectivity index (χ0) is 11.4. The molecule has 2 heterocycles. The Labute approximate surface area is 92.3 Å². The van der Waals surface area contributed by atoms with Gasteiger partial charge in [0, 0.05) is 35.3 Å². The van der Waals surface area contributed by atoms with Gasteiger partial charge in [-0.05, 0) is 6.07 Å². The number of fused-ring (bicyclic) bond motifs is 1. The van der Waals surface area contributed by atoms with Gasteiger partial charge in [-0.3, -0.25) is 4.79 Å². The van der Waals surface area contributed by atoms with E-state index in [1.54, 1.807) is 12.4 Å². The Bertz CT molecular complexity index is 575. The first-order valence-corrected chi connectivity index (χ1v) is 4.87. The molecule has 16 heavy (non-hydrogen) atoms. The number of aromatic amines is 1. The van der Waals surface area contributed by atoms with Crippen molar-refractivity contribution >= 4 is 17.3 Å². The molecule has 0 unspecified atom stereocenters. The van der Waals surface area contributed by atoms with Crippen molar-refractivity contribution < 1.29 is 9.90 Å². The third-order valence-corrected chi connectivity index (χ3v) is 2.16. The van der Waals surface area contributed by atoms with Crippen molar-refractivity contribution in [1.82, 2.24) is 9.97 Å². The molecule has 4 heteroatoms. The second-order valence-electron chi connectivity index (χ2n) is 3.26. The van der Waals surface area contributed by atoms with Crippen LogP contribution in [0.3, 0.4) is 0 Å². The molecule has 2 N–H and O–H groups in total. The molecule has 0 fully saturated rings. The van der Waals surface area contributed by atoms with Crippen LogP contribution in [0.2, 0.25) is 0 Å². The number of hydrogen-bond acceptors (Lipinski definition) is 3. The van der Waals surface area contributed by atoms with E-state index >= 15 is 0 Å². The van der Waals surface area contributed by atoms with Crippen molar-refractivity contribution in [3.05, 3.63) is 29.6 Å². The summed E-state index contributed by atoms with van der Waals surface area (Å²) >= 11 is 0. The highest BCUT2D eigenvalue weighted by atomic mass is 16.2. The van der Waals surface area contributed by atoms with Gasteiger partial charge in [-0.25, -0.2) is 4.98 Å². The Morgan fingerprint density at radius 2 is 2.44 bits per heavy atom. The SMILES string of the molecule is O=Cc1c[nH]c2ncc(C#CCCO)cc12. The minimum Gasteiger partial charge on any atom is -0.395 e. The molecule has 80 valence electrons. The molecule has 0 saturated heterocycles. The lowest BCUT2D eigenvalue weighted by atomic mass is 10.2. The van der Waals surface area contributed by atoms with Gasteiger partial charge in [0.2, 0.25) is 0 Å². The van der Waals surface area contributed by atoms with E-state index in [9.17, 15) is 4.79 Å². The zero-order valence-corrected chi connectivity index (χ0v) is 8.53. The maximum absolute atomic E-state index is 10.7. The Balaban J connectivity index is 2.43. The van der Waals surface area contributed by atoms with E-state index in [-0.39, 0.29) is 6.61 Å². The number of nitrogens with one attached hydrogen (secondary N) is 1. The number of aromatic nitrogens is 2. The Kier molecular flexibility index (Phi) is 2.99. The minimum absolute atomic E-state index is 0.0480. The number of hydrogen-bond donors (Lipinski definition) is 2. The van der Waals surface area contributed by atoms with Crippen LogP contribution in [0.4, 0.5) is 0 Å². The fourth-order valence-corrected chi connectivity index (χ4v) is 1.41. The van der Waals surface area contributed by atoms with Gasteiger partial charge in [0.05, 0.1) is 6.61 Å². The van der Waals surface area contributed by atoms with E-state index in [4.69, 9.17) is 5.11 Å². The first kappa shape index (κ1) is 10.4. The van der Waals surface area contributed by atoms with Crippen LogP contribution < -0.4 is 0 Å². The number of aliphatic hydroxyl groups is 1. The maximum atomic E-state index is 10.7. The molecular weight excluding hydrogens is 204 g/mol. The first-order valence-electron chi connectivity index (χ1n) is 4.87. The number of pyridine rings is 1. The van der Waals surface area contributed by atoms with Gasteiger partial charge < -0.3 is 10.1 Å². The van der Waals surface area contributed by atoms with E-state index in [0.29, 0.717) is 17.6 Å². The van der Waals surface area contributed by atoms with Crippen LogP contribution in [0.1, 0.15) is 22.3 Å². The van der Waals surface area contributed by atoms with Crippen LogP contribution in [0, 0.1) is 11.8 Å². The summed E-state index contributed by atoms with van der Waals surface area (Å²) in [7, 11) is 0. The molecule has 2 aromatic heterocycles. The Morgan fingerprint density at radius 3 is 3.19 bits per heavy atom. The van der Waals surface area contributed by atoms with Gasteiger partial charge in [-0.1, -0.05) is 11.8 Å². The molecule has 0 aliphatic rings. The summed E-state index contributed by atoms with van der Waals surface area (Å²) in [6.45, 7) is 0.0480. The average Bonchev–Trinajstić information content (AvgIpc) is 2.71. The number of H-pyrrole nitrogens is 1. The summed E-state index contributed by atoms with van der Waals surface area (Å²) in [5, 5.41) is 9.36. The lowest BCUT2D eigenvalue weighted by molar-refractivity contribution is 0.112. The molecule has 0 aromatic carbocycles. The van der Waals surface area contributed by atoms with Crippen LogP contribution in [0.25, 0.3) is 11.0 Å².